The molecule has 0 bridgehead atoms. The highest BCUT2D eigenvalue weighted by molar-refractivity contribution is 6.21. The van der Waals surface area contributed by atoms with Gasteiger partial charge in [-0.3, -0.25) is 14.5 Å². The van der Waals surface area contributed by atoms with E-state index in [1.807, 2.05) is 36.4 Å². The summed E-state index contributed by atoms with van der Waals surface area (Å²) in [6.45, 7) is 10.5. The third-order valence-corrected chi connectivity index (χ3v) is 8.07. The van der Waals surface area contributed by atoms with Gasteiger partial charge in [-0.1, -0.05) is 86.0 Å². The van der Waals surface area contributed by atoms with Crippen LogP contribution in [0.25, 0.3) is 29.6 Å². The van der Waals surface area contributed by atoms with E-state index >= 15 is 0 Å². The predicted octanol–water partition coefficient (Wildman–Crippen LogP) is 6.97. The molecule has 0 spiro atoms. The molecule has 0 unspecified atom stereocenters. The van der Waals surface area contributed by atoms with E-state index in [-0.39, 0.29) is 11.8 Å². The summed E-state index contributed by atoms with van der Waals surface area (Å²) < 4.78 is 12.4. The molecule has 1 aromatic heterocycles. The van der Waals surface area contributed by atoms with Crippen LogP contribution < -0.4 is 20.2 Å². The SMILES string of the molecule is C=c1c2ccccc2c(=C)n1-c1cccc(C)c1.CN1C(=O)c2ccccc2C1=O.COc1ccc(Cc2ccc(OC)cc2)cc1. The Morgan fingerprint density at radius 2 is 1.04 bits per heavy atom. The Hall–Kier alpha value is -5.88. The van der Waals surface area contributed by atoms with Crippen LogP contribution in [0.1, 0.15) is 37.4 Å². The summed E-state index contributed by atoms with van der Waals surface area (Å²) in [5.41, 5.74) is 5.92. The minimum Gasteiger partial charge on any atom is -0.497 e. The molecule has 0 saturated carbocycles. The minimum atomic E-state index is -0.212. The van der Waals surface area contributed by atoms with Crippen LogP contribution in [0.5, 0.6) is 11.5 Å². The lowest BCUT2D eigenvalue weighted by molar-refractivity contribution is 0.0693. The highest BCUT2D eigenvalue weighted by Crippen LogP contribution is 2.20. The Kier molecular flexibility index (Phi) is 10.0. The van der Waals surface area contributed by atoms with Gasteiger partial charge < -0.3 is 14.0 Å². The van der Waals surface area contributed by atoms with Crippen molar-refractivity contribution in [2.45, 2.75) is 13.3 Å². The number of aryl methyl sites for hydroxylation is 1. The number of fused-ring (bicyclic) bond motifs is 2. The molecule has 0 fully saturated rings. The predicted molar refractivity (Wildman–Crippen MR) is 190 cm³/mol. The first-order valence-corrected chi connectivity index (χ1v) is 15.2. The quantitative estimate of drug-likeness (QED) is 0.195. The molecular weight excluding hydrogens is 584 g/mol. The molecule has 236 valence electrons. The van der Waals surface area contributed by atoms with E-state index in [0.29, 0.717) is 11.1 Å². The van der Waals surface area contributed by atoms with Crippen molar-refractivity contribution in [1.82, 2.24) is 9.47 Å². The molecule has 6 aromatic rings. The van der Waals surface area contributed by atoms with Crippen molar-refractivity contribution in [3.05, 3.63) is 160 Å². The number of benzene rings is 5. The summed E-state index contributed by atoms with van der Waals surface area (Å²) in [7, 11) is 4.85. The molecule has 5 aromatic carbocycles. The molecule has 0 radical (unpaired) electrons. The van der Waals surface area contributed by atoms with Crippen LogP contribution in [0, 0.1) is 6.92 Å². The van der Waals surface area contributed by atoms with Crippen molar-refractivity contribution in [2.24, 2.45) is 0 Å². The Balaban J connectivity index is 0.000000141. The number of aromatic nitrogens is 1. The van der Waals surface area contributed by atoms with Gasteiger partial charge in [-0.2, -0.15) is 0 Å². The van der Waals surface area contributed by atoms with Gasteiger partial charge in [-0.05, 0) is 78.6 Å². The van der Waals surface area contributed by atoms with Gasteiger partial charge in [0.2, 0.25) is 0 Å². The van der Waals surface area contributed by atoms with Crippen molar-refractivity contribution in [3.8, 4) is 17.2 Å². The van der Waals surface area contributed by atoms with Crippen molar-refractivity contribution in [3.63, 3.8) is 0 Å². The first-order chi connectivity index (χ1) is 22.7. The van der Waals surface area contributed by atoms with Gasteiger partial charge in [0.1, 0.15) is 11.5 Å². The molecule has 2 heterocycles. The van der Waals surface area contributed by atoms with Crippen LogP contribution in [0.2, 0.25) is 0 Å². The smallest absolute Gasteiger partial charge is 0.261 e. The number of hydrogen-bond donors (Lipinski definition) is 0. The van der Waals surface area contributed by atoms with Crippen molar-refractivity contribution in [2.75, 3.05) is 21.3 Å². The number of amides is 2. The largest absolute Gasteiger partial charge is 0.497 e. The zero-order valence-corrected chi connectivity index (χ0v) is 27.2. The Bertz CT molecular complexity index is 2000. The van der Waals surface area contributed by atoms with Gasteiger partial charge in [0.05, 0.1) is 25.3 Å². The molecule has 7 rings (SSSR count). The van der Waals surface area contributed by atoms with E-state index < -0.39 is 0 Å². The fourth-order valence-corrected chi connectivity index (χ4v) is 5.50. The first kappa shape index (κ1) is 32.5. The summed E-state index contributed by atoms with van der Waals surface area (Å²) in [4.78, 5) is 23.8. The first-order valence-electron chi connectivity index (χ1n) is 15.2. The average Bonchev–Trinajstić information content (AvgIpc) is 3.49. The third-order valence-electron chi connectivity index (χ3n) is 8.07. The molecule has 0 aliphatic carbocycles. The summed E-state index contributed by atoms with van der Waals surface area (Å²) in [6, 6.07) is 39.8. The highest BCUT2D eigenvalue weighted by atomic mass is 16.5. The van der Waals surface area contributed by atoms with Crippen LogP contribution in [0.3, 0.4) is 0 Å². The van der Waals surface area contributed by atoms with Gasteiger partial charge in [0, 0.05) is 34.2 Å². The Morgan fingerprint density at radius 1 is 0.596 bits per heavy atom. The van der Waals surface area contributed by atoms with E-state index in [0.717, 1.165) is 39.2 Å². The second-order valence-electron chi connectivity index (χ2n) is 11.2. The summed E-state index contributed by atoms with van der Waals surface area (Å²) in [5.74, 6) is 1.36. The van der Waals surface area contributed by atoms with Gasteiger partial charge in [0.15, 0.2) is 0 Å². The maximum Gasteiger partial charge on any atom is 0.261 e. The number of hydrogen-bond acceptors (Lipinski definition) is 4. The second-order valence-corrected chi connectivity index (χ2v) is 11.2. The number of nitrogens with zero attached hydrogens (tertiary/aromatic N) is 2. The van der Waals surface area contributed by atoms with Crippen molar-refractivity contribution in [1.29, 1.82) is 0 Å². The van der Waals surface area contributed by atoms with E-state index in [1.165, 1.54) is 34.5 Å². The molecule has 0 atom stereocenters. The van der Waals surface area contributed by atoms with Crippen LogP contribution in [-0.2, 0) is 6.42 Å². The zero-order chi connectivity index (χ0) is 33.5. The lowest BCUT2D eigenvalue weighted by atomic mass is 10.0. The van der Waals surface area contributed by atoms with E-state index in [1.54, 1.807) is 38.5 Å². The van der Waals surface area contributed by atoms with Crippen LogP contribution in [0.4, 0.5) is 0 Å². The molecule has 0 saturated heterocycles. The topological polar surface area (TPSA) is 60.8 Å². The summed E-state index contributed by atoms with van der Waals surface area (Å²) in [6.07, 6.45) is 0.925. The van der Waals surface area contributed by atoms with Crippen LogP contribution >= 0.6 is 0 Å². The third kappa shape index (κ3) is 7.18. The lowest BCUT2D eigenvalue weighted by Gasteiger charge is -2.05. The van der Waals surface area contributed by atoms with Crippen molar-refractivity contribution >= 4 is 35.7 Å². The molecule has 6 heteroatoms. The fraction of sp³-hybridized carbons (Fsp3) is 0.122. The second kappa shape index (κ2) is 14.5. The Morgan fingerprint density at radius 3 is 1.47 bits per heavy atom. The van der Waals surface area contributed by atoms with E-state index in [9.17, 15) is 9.59 Å². The molecule has 0 N–H and O–H groups in total. The molecule has 1 aliphatic rings. The van der Waals surface area contributed by atoms with Gasteiger partial charge in [-0.25, -0.2) is 0 Å². The number of carbonyl (C=O) groups excluding carboxylic acids is 2. The molecular formula is C41H38N2O4. The molecule has 47 heavy (non-hydrogen) atoms. The minimum absolute atomic E-state index is 0.212. The highest BCUT2D eigenvalue weighted by Gasteiger charge is 2.31. The van der Waals surface area contributed by atoms with Gasteiger partial charge in [-0.15, -0.1) is 0 Å². The molecule has 6 nitrogen and oxygen atoms in total. The summed E-state index contributed by atoms with van der Waals surface area (Å²) >= 11 is 0. The maximum absolute atomic E-state index is 11.3. The lowest BCUT2D eigenvalue weighted by Crippen LogP contribution is -2.24. The normalized spacial score (nSPS) is 11.7. The number of carbonyl (C=O) groups is 2. The van der Waals surface area contributed by atoms with E-state index in [4.69, 9.17) is 9.47 Å². The van der Waals surface area contributed by atoms with E-state index in [2.05, 4.69) is 85.3 Å². The van der Waals surface area contributed by atoms with Crippen molar-refractivity contribution < 1.29 is 19.1 Å². The van der Waals surface area contributed by atoms with Gasteiger partial charge >= 0.3 is 0 Å². The monoisotopic (exact) mass is 622 g/mol. The average molecular weight is 623 g/mol. The number of rotatable bonds is 5. The van der Waals surface area contributed by atoms with Gasteiger partial charge in [0.25, 0.3) is 11.8 Å². The number of ether oxygens (including phenoxy) is 2. The standard InChI is InChI=1S/C17H15N.C15H16O2.C9H7NO2/c1-12-7-6-8-15(11-12)18-13(2)16-9-4-5-10-17(16)14(18)3;1-16-14-7-3-12(4-8-14)11-13-5-9-15(17-2)10-6-13;1-10-8(11)6-4-2-3-5-7(6)9(10)12/h4-11H,2-3H2,1H3;3-10H,11H2,1-2H3;2-5H,1H3. The zero-order valence-electron chi connectivity index (χ0n) is 27.2. The van der Waals surface area contributed by atoms with Crippen LogP contribution in [0.15, 0.2) is 121 Å². The molecule has 1 aliphatic heterocycles. The maximum atomic E-state index is 11.3. The van der Waals surface area contributed by atoms with Crippen LogP contribution in [-0.4, -0.2) is 42.5 Å². The molecule has 2 amide bonds. The summed E-state index contributed by atoms with van der Waals surface area (Å²) in [5, 5.41) is 4.34. The number of imide groups is 1. The fourth-order valence-electron chi connectivity index (χ4n) is 5.50. The number of methoxy groups -OCH3 is 2. The Labute approximate surface area is 275 Å².